The quantitative estimate of drug-likeness (QED) is 0.847. The molecule has 22 heavy (non-hydrogen) atoms. The smallest absolute Gasteiger partial charge is 0.335 e. The molecule has 2 N–H and O–H groups in total. The van der Waals surface area contributed by atoms with Crippen molar-refractivity contribution in [1.82, 2.24) is 4.90 Å². The minimum atomic E-state index is -0.935. The molecule has 0 aromatic heterocycles. The van der Waals surface area contributed by atoms with Crippen LogP contribution in [0.4, 0.5) is 5.69 Å². The van der Waals surface area contributed by atoms with Gasteiger partial charge in [-0.25, -0.2) is 4.79 Å². The Hall–Kier alpha value is -2.40. The molecule has 1 atom stereocenters. The zero-order valence-corrected chi connectivity index (χ0v) is 12.9. The Balaban J connectivity index is 1.88. The van der Waals surface area contributed by atoms with E-state index in [4.69, 9.17) is 17.3 Å². The van der Waals surface area contributed by atoms with Gasteiger partial charge in [-0.05, 0) is 42.4 Å². The molecule has 0 aliphatic carbocycles. The second-order valence-corrected chi connectivity index (χ2v) is 5.71. The van der Waals surface area contributed by atoms with Gasteiger partial charge in [0.25, 0.3) is 0 Å². The number of fused-ring (bicyclic) bond motifs is 1. The van der Waals surface area contributed by atoms with E-state index >= 15 is 0 Å². The molecule has 2 aromatic rings. The summed E-state index contributed by atoms with van der Waals surface area (Å²) in [6, 6.07) is 15.4. The summed E-state index contributed by atoms with van der Waals surface area (Å²) in [5, 5.41) is 12.8. The number of rotatable bonds is 3. The maximum Gasteiger partial charge on any atom is 0.335 e. The van der Waals surface area contributed by atoms with Crippen LogP contribution in [0.15, 0.2) is 48.5 Å². The van der Waals surface area contributed by atoms with Crippen LogP contribution < -0.4 is 5.32 Å². The first-order valence-electron chi connectivity index (χ1n) is 7.05. The van der Waals surface area contributed by atoms with E-state index < -0.39 is 5.97 Å². The number of carbonyl (C=O) groups is 1. The third-order valence-corrected chi connectivity index (χ3v) is 4.29. The summed E-state index contributed by atoms with van der Waals surface area (Å²) >= 11 is 5.46. The van der Waals surface area contributed by atoms with Crippen molar-refractivity contribution in [3.05, 3.63) is 65.2 Å². The predicted molar refractivity (Wildman–Crippen MR) is 90.0 cm³/mol. The standard InChI is InChI=1S/C17H16N2O2S/c1-11(12-5-3-2-4-6-12)19-10-14-8-7-13(16(20)21)9-15(14)18-17(19)22/h2-9,11H,10H2,1H3,(H,18,22)(H,20,21). The molecule has 0 spiro atoms. The molecule has 0 saturated carbocycles. The van der Waals surface area contributed by atoms with Crippen LogP contribution in [-0.4, -0.2) is 21.1 Å². The largest absolute Gasteiger partial charge is 0.478 e. The van der Waals surface area contributed by atoms with E-state index in [1.165, 1.54) is 5.56 Å². The maximum atomic E-state index is 11.1. The van der Waals surface area contributed by atoms with Gasteiger partial charge in [-0.2, -0.15) is 0 Å². The molecule has 5 heteroatoms. The van der Waals surface area contributed by atoms with Gasteiger partial charge in [0, 0.05) is 12.2 Å². The molecule has 0 amide bonds. The van der Waals surface area contributed by atoms with Gasteiger partial charge in [-0.15, -0.1) is 0 Å². The minimum Gasteiger partial charge on any atom is -0.478 e. The fourth-order valence-electron chi connectivity index (χ4n) is 2.63. The van der Waals surface area contributed by atoms with Crippen molar-refractivity contribution in [3.8, 4) is 0 Å². The zero-order chi connectivity index (χ0) is 15.7. The summed E-state index contributed by atoms with van der Waals surface area (Å²) < 4.78 is 0. The lowest BCUT2D eigenvalue weighted by Crippen LogP contribution is -2.40. The first kappa shape index (κ1) is 14.5. The molecule has 0 bridgehead atoms. The van der Waals surface area contributed by atoms with Gasteiger partial charge < -0.3 is 15.3 Å². The van der Waals surface area contributed by atoms with Crippen molar-refractivity contribution in [1.29, 1.82) is 0 Å². The van der Waals surface area contributed by atoms with Crippen molar-refractivity contribution in [2.75, 3.05) is 5.32 Å². The van der Waals surface area contributed by atoms with Crippen LogP contribution >= 0.6 is 12.2 Å². The molecule has 1 unspecified atom stereocenters. The summed E-state index contributed by atoms with van der Waals surface area (Å²) in [5.41, 5.74) is 3.28. The zero-order valence-electron chi connectivity index (χ0n) is 12.1. The van der Waals surface area contributed by atoms with Crippen molar-refractivity contribution >= 4 is 29.0 Å². The molecule has 2 aromatic carbocycles. The fourth-order valence-corrected chi connectivity index (χ4v) is 2.96. The Kier molecular flexibility index (Phi) is 3.81. The third-order valence-electron chi connectivity index (χ3n) is 3.95. The number of benzene rings is 2. The highest BCUT2D eigenvalue weighted by Crippen LogP contribution is 2.30. The van der Waals surface area contributed by atoms with Crippen LogP contribution in [0.25, 0.3) is 0 Å². The predicted octanol–water partition coefficient (Wildman–Crippen LogP) is 3.66. The number of thiocarbonyl (C=S) groups is 1. The van der Waals surface area contributed by atoms with Crippen LogP contribution in [-0.2, 0) is 6.54 Å². The van der Waals surface area contributed by atoms with Crippen LogP contribution in [0.2, 0.25) is 0 Å². The van der Waals surface area contributed by atoms with Crippen molar-refractivity contribution in [2.24, 2.45) is 0 Å². The van der Waals surface area contributed by atoms with E-state index in [2.05, 4.69) is 29.3 Å². The van der Waals surface area contributed by atoms with E-state index in [0.717, 1.165) is 11.3 Å². The van der Waals surface area contributed by atoms with Crippen molar-refractivity contribution in [3.63, 3.8) is 0 Å². The number of hydrogen-bond donors (Lipinski definition) is 2. The molecule has 1 aliphatic rings. The molecule has 0 fully saturated rings. The maximum absolute atomic E-state index is 11.1. The lowest BCUT2D eigenvalue weighted by Gasteiger charge is -2.36. The summed E-state index contributed by atoms with van der Waals surface area (Å²) in [6.07, 6.45) is 0. The van der Waals surface area contributed by atoms with Gasteiger partial charge in [-0.1, -0.05) is 36.4 Å². The number of carboxylic acid groups (broad SMARTS) is 1. The van der Waals surface area contributed by atoms with Gasteiger partial charge in [0.1, 0.15) is 0 Å². The second-order valence-electron chi connectivity index (χ2n) is 5.32. The normalized spacial score (nSPS) is 15.0. The SMILES string of the molecule is CC(c1ccccc1)N1Cc2ccc(C(=O)O)cc2NC1=S. The molecule has 4 nitrogen and oxygen atoms in total. The molecule has 112 valence electrons. The molecule has 3 rings (SSSR count). The Morgan fingerprint density at radius 3 is 2.68 bits per heavy atom. The summed E-state index contributed by atoms with van der Waals surface area (Å²) in [6.45, 7) is 2.77. The average molecular weight is 312 g/mol. The number of hydrogen-bond acceptors (Lipinski definition) is 2. The highest BCUT2D eigenvalue weighted by molar-refractivity contribution is 7.80. The van der Waals surface area contributed by atoms with Crippen LogP contribution in [0.5, 0.6) is 0 Å². The number of carboxylic acids is 1. The molecular formula is C17H16N2O2S. The van der Waals surface area contributed by atoms with E-state index in [0.29, 0.717) is 11.7 Å². The first-order chi connectivity index (χ1) is 10.6. The first-order valence-corrected chi connectivity index (χ1v) is 7.46. The topological polar surface area (TPSA) is 52.6 Å². The van der Waals surface area contributed by atoms with Gasteiger partial charge in [-0.3, -0.25) is 0 Å². The lowest BCUT2D eigenvalue weighted by molar-refractivity contribution is 0.0697. The summed E-state index contributed by atoms with van der Waals surface area (Å²) in [7, 11) is 0. The Bertz CT molecular complexity index is 731. The van der Waals surface area contributed by atoms with Gasteiger partial charge >= 0.3 is 5.97 Å². The number of nitrogens with zero attached hydrogens (tertiary/aromatic N) is 1. The van der Waals surface area contributed by atoms with Crippen molar-refractivity contribution in [2.45, 2.75) is 19.5 Å². The molecular weight excluding hydrogens is 296 g/mol. The lowest BCUT2D eigenvalue weighted by atomic mass is 10.0. The molecule has 0 saturated heterocycles. The van der Waals surface area contributed by atoms with E-state index in [-0.39, 0.29) is 11.6 Å². The minimum absolute atomic E-state index is 0.147. The monoisotopic (exact) mass is 312 g/mol. The fraction of sp³-hybridized carbons (Fsp3) is 0.176. The van der Waals surface area contributed by atoms with Crippen LogP contribution in [0.1, 0.15) is 34.5 Å². The Morgan fingerprint density at radius 2 is 2.00 bits per heavy atom. The molecule has 1 aliphatic heterocycles. The highest BCUT2D eigenvalue weighted by atomic mass is 32.1. The number of aromatic carboxylic acids is 1. The van der Waals surface area contributed by atoms with Gasteiger partial charge in [0.15, 0.2) is 5.11 Å². The summed E-state index contributed by atoms with van der Waals surface area (Å²) in [4.78, 5) is 13.2. The molecule has 0 radical (unpaired) electrons. The van der Waals surface area contributed by atoms with E-state index in [1.54, 1.807) is 12.1 Å². The Morgan fingerprint density at radius 1 is 1.27 bits per heavy atom. The van der Waals surface area contributed by atoms with Crippen LogP contribution in [0.3, 0.4) is 0 Å². The Labute approximate surface area is 134 Å². The van der Waals surface area contributed by atoms with E-state index in [1.807, 2.05) is 24.3 Å². The summed E-state index contributed by atoms with van der Waals surface area (Å²) in [5.74, 6) is -0.935. The van der Waals surface area contributed by atoms with Gasteiger partial charge in [0.05, 0.1) is 11.6 Å². The number of nitrogens with one attached hydrogen (secondary N) is 1. The second kappa shape index (κ2) is 5.77. The van der Waals surface area contributed by atoms with Gasteiger partial charge in [0.2, 0.25) is 0 Å². The van der Waals surface area contributed by atoms with E-state index in [9.17, 15) is 4.79 Å². The molecule has 1 heterocycles. The average Bonchev–Trinajstić information content (AvgIpc) is 2.53. The third kappa shape index (κ3) is 2.67. The highest BCUT2D eigenvalue weighted by Gasteiger charge is 2.25. The number of anilines is 1. The van der Waals surface area contributed by atoms with Crippen molar-refractivity contribution < 1.29 is 9.90 Å². The van der Waals surface area contributed by atoms with Crippen LogP contribution in [0, 0.1) is 0 Å².